The van der Waals surface area contributed by atoms with E-state index in [9.17, 15) is 17.7 Å². The number of rotatable bonds is 3. The first-order valence-corrected chi connectivity index (χ1v) is 6.81. The molecule has 0 amide bonds. The molecule has 0 bridgehead atoms. The lowest BCUT2D eigenvalue weighted by Gasteiger charge is -2.22. The van der Waals surface area contributed by atoms with E-state index in [-0.39, 0.29) is 10.6 Å². The second-order valence-electron chi connectivity index (χ2n) is 3.38. The average Bonchev–Trinajstić information content (AvgIpc) is 2.13. The summed E-state index contributed by atoms with van der Waals surface area (Å²) in [6, 6.07) is 4.68. The normalized spacial score (nSPS) is 17.5. The van der Waals surface area contributed by atoms with Crippen molar-refractivity contribution in [3.05, 3.63) is 34.9 Å². The fourth-order valence-corrected chi connectivity index (χ4v) is 1.90. The molecule has 0 saturated heterocycles. The fourth-order valence-electron chi connectivity index (χ4n) is 1.14. The SMILES string of the molecule is CP(=O)(O)O[C@H](c1ccc(Cl)cc1)C(F)(F)F. The lowest BCUT2D eigenvalue weighted by atomic mass is 10.1. The predicted molar refractivity (Wildman–Crippen MR) is 57.1 cm³/mol. The number of hydrogen-bond donors (Lipinski definition) is 1. The van der Waals surface area contributed by atoms with Gasteiger partial charge in [0.25, 0.3) is 0 Å². The summed E-state index contributed by atoms with van der Waals surface area (Å²) in [7, 11) is -4.25. The van der Waals surface area contributed by atoms with E-state index in [1.807, 2.05) is 0 Å². The zero-order chi connectivity index (χ0) is 13.3. The van der Waals surface area contributed by atoms with Crippen LogP contribution in [0.3, 0.4) is 0 Å². The van der Waals surface area contributed by atoms with Gasteiger partial charge in [-0.1, -0.05) is 23.7 Å². The Morgan fingerprint density at radius 2 is 1.82 bits per heavy atom. The maximum absolute atomic E-state index is 12.6. The zero-order valence-electron chi connectivity index (χ0n) is 8.61. The lowest BCUT2D eigenvalue weighted by molar-refractivity contribution is -0.199. The van der Waals surface area contributed by atoms with Gasteiger partial charge in [0.1, 0.15) is 0 Å². The molecule has 1 aromatic rings. The quantitative estimate of drug-likeness (QED) is 0.861. The maximum Gasteiger partial charge on any atom is 0.419 e. The van der Waals surface area contributed by atoms with E-state index in [0.717, 1.165) is 12.1 Å². The van der Waals surface area contributed by atoms with Gasteiger partial charge < -0.3 is 4.89 Å². The highest BCUT2D eigenvalue weighted by molar-refractivity contribution is 7.51. The van der Waals surface area contributed by atoms with E-state index in [1.165, 1.54) is 12.1 Å². The van der Waals surface area contributed by atoms with Crippen LogP contribution in [0.5, 0.6) is 0 Å². The molecule has 8 heteroatoms. The van der Waals surface area contributed by atoms with Crippen LogP contribution in [0.1, 0.15) is 11.7 Å². The van der Waals surface area contributed by atoms with Gasteiger partial charge in [0.15, 0.2) is 6.10 Å². The summed E-state index contributed by atoms with van der Waals surface area (Å²) in [5.41, 5.74) is -0.280. The molecule has 0 radical (unpaired) electrons. The van der Waals surface area contributed by atoms with Crippen LogP contribution in [0.2, 0.25) is 5.02 Å². The summed E-state index contributed by atoms with van der Waals surface area (Å²) < 4.78 is 53.0. The molecular formula is C9H9ClF3O3P. The van der Waals surface area contributed by atoms with Crippen molar-refractivity contribution in [2.75, 3.05) is 6.66 Å². The molecule has 0 aliphatic heterocycles. The summed E-state index contributed by atoms with van der Waals surface area (Å²) in [5.74, 6) is 0. The smallest absolute Gasteiger partial charge is 0.324 e. The number of hydrogen-bond acceptors (Lipinski definition) is 2. The predicted octanol–water partition coefficient (Wildman–Crippen LogP) is 3.78. The highest BCUT2D eigenvalue weighted by Crippen LogP contribution is 2.48. The minimum Gasteiger partial charge on any atom is -0.324 e. The van der Waals surface area contributed by atoms with Gasteiger partial charge in [0.2, 0.25) is 0 Å². The molecular weight excluding hydrogens is 280 g/mol. The van der Waals surface area contributed by atoms with Crippen LogP contribution in [-0.4, -0.2) is 17.7 Å². The van der Waals surface area contributed by atoms with Crippen LogP contribution in [-0.2, 0) is 9.09 Å². The van der Waals surface area contributed by atoms with Crippen LogP contribution < -0.4 is 0 Å². The van der Waals surface area contributed by atoms with Crippen molar-refractivity contribution in [1.82, 2.24) is 0 Å². The first-order valence-electron chi connectivity index (χ1n) is 4.40. The van der Waals surface area contributed by atoms with Crippen LogP contribution in [0, 0.1) is 0 Å². The van der Waals surface area contributed by atoms with Gasteiger partial charge in [-0.05, 0) is 17.7 Å². The van der Waals surface area contributed by atoms with Gasteiger partial charge in [-0.3, -0.25) is 9.09 Å². The largest absolute Gasteiger partial charge is 0.419 e. The minimum absolute atomic E-state index is 0.262. The molecule has 1 unspecified atom stereocenters. The van der Waals surface area contributed by atoms with Crippen molar-refractivity contribution >= 4 is 19.2 Å². The molecule has 1 aromatic carbocycles. The summed E-state index contributed by atoms with van der Waals surface area (Å²) in [5, 5.41) is 0.262. The summed E-state index contributed by atoms with van der Waals surface area (Å²) in [6.45, 7) is 0.696. The fraction of sp³-hybridized carbons (Fsp3) is 0.333. The maximum atomic E-state index is 12.6. The second-order valence-corrected chi connectivity index (χ2v) is 5.63. The molecule has 1 rings (SSSR count). The van der Waals surface area contributed by atoms with E-state index in [4.69, 9.17) is 16.5 Å². The first kappa shape index (κ1) is 14.5. The molecule has 0 aliphatic rings. The number of benzene rings is 1. The van der Waals surface area contributed by atoms with Crippen molar-refractivity contribution in [2.45, 2.75) is 12.3 Å². The van der Waals surface area contributed by atoms with Gasteiger partial charge in [-0.25, -0.2) is 0 Å². The van der Waals surface area contributed by atoms with E-state index in [1.54, 1.807) is 0 Å². The van der Waals surface area contributed by atoms with Crippen molar-refractivity contribution < 1.29 is 27.2 Å². The molecule has 0 fully saturated rings. The van der Waals surface area contributed by atoms with Crippen LogP contribution in [0.25, 0.3) is 0 Å². The van der Waals surface area contributed by atoms with E-state index >= 15 is 0 Å². The molecule has 96 valence electrons. The van der Waals surface area contributed by atoms with Crippen molar-refractivity contribution in [2.24, 2.45) is 0 Å². The summed E-state index contributed by atoms with van der Waals surface area (Å²) in [6.07, 6.45) is -7.22. The standard InChI is InChI=1S/C9H9ClF3O3P/c1-17(14,15)16-8(9(11,12)13)6-2-4-7(10)5-3-6/h2-5,8H,1H3,(H,14,15)/t8-/m1/s1. The van der Waals surface area contributed by atoms with E-state index < -0.39 is 19.9 Å². The Hall–Kier alpha value is -0.550. The molecule has 0 heterocycles. The van der Waals surface area contributed by atoms with Gasteiger partial charge in [0, 0.05) is 11.7 Å². The molecule has 0 spiro atoms. The Labute approximate surface area is 101 Å². The topological polar surface area (TPSA) is 46.5 Å². The van der Waals surface area contributed by atoms with Gasteiger partial charge in [-0.2, -0.15) is 13.2 Å². The monoisotopic (exact) mass is 288 g/mol. The molecule has 3 nitrogen and oxygen atoms in total. The lowest BCUT2D eigenvalue weighted by Crippen LogP contribution is -2.22. The van der Waals surface area contributed by atoms with Gasteiger partial charge in [0.05, 0.1) is 0 Å². The second kappa shape index (κ2) is 4.98. The molecule has 0 aromatic heterocycles. The Morgan fingerprint density at radius 3 is 2.18 bits per heavy atom. The third kappa shape index (κ3) is 4.68. The van der Waals surface area contributed by atoms with Crippen LogP contribution in [0.4, 0.5) is 13.2 Å². The van der Waals surface area contributed by atoms with Crippen LogP contribution >= 0.6 is 19.2 Å². The molecule has 0 saturated carbocycles. The Balaban J connectivity index is 3.07. The Kier molecular flexibility index (Phi) is 4.25. The van der Waals surface area contributed by atoms with Crippen molar-refractivity contribution in [3.63, 3.8) is 0 Å². The number of alkyl halides is 3. The van der Waals surface area contributed by atoms with Gasteiger partial charge >= 0.3 is 13.8 Å². The van der Waals surface area contributed by atoms with E-state index in [2.05, 4.69) is 4.52 Å². The third-order valence-corrected chi connectivity index (χ3v) is 2.63. The highest BCUT2D eigenvalue weighted by atomic mass is 35.5. The summed E-state index contributed by atoms with van der Waals surface area (Å²) in [4.78, 5) is 8.87. The Morgan fingerprint density at radius 1 is 1.35 bits per heavy atom. The zero-order valence-corrected chi connectivity index (χ0v) is 10.3. The van der Waals surface area contributed by atoms with Crippen molar-refractivity contribution in [3.8, 4) is 0 Å². The van der Waals surface area contributed by atoms with Crippen LogP contribution in [0.15, 0.2) is 24.3 Å². The van der Waals surface area contributed by atoms with Crippen molar-refractivity contribution in [1.29, 1.82) is 0 Å². The van der Waals surface area contributed by atoms with Gasteiger partial charge in [-0.15, -0.1) is 0 Å². The third-order valence-electron chi connectivity index (χ3n) is 1.77. The highest BCUT2D eigenvalue weighted by Gasteiger charge is 2.44. The minimum atomic E-state index is -4.78. The molecule has 0 aliphatic carbocycles. The average molecular weight is 289 g/mol. The number of halogens is 4. The molecule has 2 atom stereocenters. The Bertz CT molecular complexity index is 426. The summed E-state index contributed by atoms with van der Waals surface area (Å²) >= 11 is 5.54. The first-order chi connectivity index (χ1) is 7.59. The molecule has 1 N–H and O–H groups in total. The molecule has 17 heavy (non-hydrogen) atoms. The van der Waals surface area contributed by atoms with E-state index in [0.29, 0.717) is 6.66 Å².